The molecule has 1 aromatic carbocycles. The number of nitrogens with zero attached hydrogens (tertiary/aromatic N) is 3. The smallest absolute Gasteiger partial charge is 0.236 e. The second-order valence-corrected chi connectivity index (χ2v) is 6.55. The van der Waals surface area contributed by atoms with Gasteiger partial charge in [0.15, 0.2) is 5.13 Å². The van der Waals surface area contributed by atoms with Crippen molar-refractivity contribution in [3.8, 4) is 17.0 Å². The molecule has 0 unspecified atom stereocenters. The zero-order chi connectivity index (χ0) is 16.8. The molecule has 3 aromatic rings. The Kier molecular flexibility index (Phi) is 5.39. The summed E-state index contributed by atoms with van der Waals surface area (Å²) in [7, 11) is 1.63. The van der Waals surface area contributed by atoms with Gasteiger partial charge in [-0.1, -0.05) is 23.9 Å². The predicted molar refractivity (Wildman–Crippen MR) is 95.5 cm³/mol. The highest BCUT2D eigenvalue weighted by molar-refractivity contribution is 7.99. The Labute approximate surface area is 147 Å². The van der Waals surface area contributed by atoms with Crippen LogP contribution in [0.25, 0.3) is 11.3 Å². The Morgan fingerprint density at radius 3 is 2.92 bits per heavy atom. The molecule has 0 spiro atoms. The number of benzene rings is 1. The highest BCUT2D eigenvalue weighted by Crippen LogP contribution is 2.23. The third-order valence-corrected chi connectivity index (χ3v) is 4.64. The van der Waals surface area contributed by atoms with Crippen LogP contribution in [-0.2, 0) is 4.79 Å². The number of thiazole rings is 1. The molecule has 0 aliphatic rings. The summed E-state index contributed by atoms with van der Waals surface area (Å²) in [6.45, 7) is 0. The summed E-state index contributed by atoms with van der Waals surface area (Å²) in [5.41, 5.74) is 1.69. The molecule has 3 rings (SSSR count). The summed E-state index contributed by atoms with van der Waals surface area (Å²) in [4.78, 5) is 15.8. The van der Waals surface area contributed by atoms with Crippen molar-refractivity contribution >= 4 is 34.1 Å². The first-order chi connectivity index (χ1) is 11.7. The normalized spacial score (nSPS) is 10.4. The van der Waals surface area contributed by atoms with Gasteiger partial charge in [0.25, 0.3) is 0 Å². The van der Waals surface area contributed by atoms with Gasteiger partial charge >= 0.3 is 0 Å². The van der Waals surface area contributed by atoms with Crippen molar-refractivity contribution in [1.29, 1.82) is 0 Å². The van der Waals surface area contributed by atoms with E-state index in [0.29, 0.717) is 10.2 Å². The van der Waals surface area contributed by atoms with Gasteiger partial charge in [-0.05, 0) is 24.3 Å². The number of hydrogen-bond acceptors (Lipinski definition) is 7. The van der Waals surface area contributed by atoms with E-state index in [1.807, 2.05) is 41.8 Å². The molecule has 0 saturated heterocycles. The first-order valence-corrected chi connectivity index (χ1v) is 8.91. The van der Waals surface area contributed by atoms with E-state index in [-0.39, 0.29) is 11.7 Å². The van der Waals surface area contributed by atoms with Gasteiger partial charge in [0.1, 0.15) is 10.8 Å². The van der Waals surface area contributed by atoms with Crippen molar-refractivity contribution in [2.75, 3.05) is 18.2 Å². The Morgan fingerprint density at radius 2 is 2.21 bits per heavy atom. The van der Waals surface area contributed by atoms with Gasteiger partial charge in [0.2, 0.25) is 5.91 Å². The summed E-state index contributed by atoms with van der Waals surface area (Å²) in [6, 6.07) is 11.4. The van der Waals surface area contributed by atoms with E-state index in [4.69, 9.17) is 4.74 Å². The van der Waals surface area contributed by atoms with Crippen LogP contribution in [0.5, 0.6) is 5.75 Å². The number of anilines is 1. The lowest BCUT2D eigenvalue weighted by atomic mass is 10.1. The molecule has 0 atom stereocenters. The fraction of sp³-hybridized carbons (Fsp3) is 0.125. The van der Waals surface area contributed by atoms with E-state index in [1.165, 1.54) is 23.1 Å². The van der Waals surface area contributed by atoms with Crippen LogP contribution in [0.1, 0.15) is 0 Å². The van der Waals surface area contributed by atoms with E-state index < -0.39 is 0 Å². The zero-order valence-corrected chi connectivity index (χ0v) is 14.4. The average Bonchev–Trinajstić information content (AvgIpc) is 3.13. The minimum Gasteiger partial charge on any atom is -0.497 e. The minimum atomic E-state index is -0.117. The second-order valence-electron chi connectivity index (χ2n) is 4.66. The average molecular weight is 358 g/mol. The van der Waals surface area contributed by atoms with Crippen molar-refractivity contribution in [2.24, 2.45) is 0 Å². The number of thioether (sulfide) groups is 1. The standard InChI is InChI=1S/C16H14N4O2S2/c1-22-12-4-2-3-11(9-12)13-5-6-15(20-19-13)24-10-14(21)18-16-17-7-8-23-16/h2-9H,10H2,1H3,(H,17,18,21). The lowest BCUT2D eigenvalue weighted by Gasteiger charge is -2.04. The predicted octanol–water partition coefficient (Wildman–Crippen LogP) is 3.34. The van der Waals surface area contributed by atoms with Gasteiger partial charge < -0.3 is 10.1 Å². The minimum absolute atomic E-state index is 0.117. The molecule has 1 N–H and O–H groups in total. The van der Waals surface area contributed by atoms with Crippen LogP contribution in [0.4, 0.5) is 5.13 Å². The Hall–Kier alpha value is -2.45. The molecule has 122 valence electrons. The quantitative estimate of drug-likeness (QED) is 0.681. The molecule has 0 saturated carbocycles. The largest absolute Gasteiger partial charge is 0.497 e. The van der Waals surface area contributed by atoms with Crippen LogP contribution in [0.3, 0.4) is 0 Å². The van der Waals surface area contributed by atoms with Crippen molar-refractivity contribution in [3.05, 3.63) is 48.0 Å². The maximum atomic E-state index is 11.8. The number of ether oxygens (including phenoxy) is 1. The van der Waals surface area contributed by atoms with Crippen LogP contribution in [-0.4, -0.2) is 34.0 Å². The monoisotopic (exact) mass is 358 g/mol. The Bertz CT molecular complexity index is 807. The number of hydrogen-bond donors (Lipinski definition) is 1. The number of methoxy groups -OCH3 is 1. The van der Waals surface area contributed by atoms with Crippen LogP contribution in [0, 0.1) is 0 Å². The SMILES string of the molecule is COc1cccc(-c2ccc(SCC(=O)Nc3nccs3)nn2)c1. The van der Waals surface area contributed by atoms with Gasteiger partial charge in [-0.3, -0.25) is 4.79 Å². The number of rotatable bonds is 6. The summed E-state index contributed by atoms with van der Waals surface area (Å²) in [5, 5.41) is 14.2. The van der Waals surface area contributed by atoms with Crippen LogP contribution >= 0.6 is 23.1 Å². The lowest BCUT2D eigenvalue weighted by Crippen LogP contribution is -2.13. The number of carbonyl (C=O) groups is 1. The Balaban J connectivity index is 1.59. The van der Waals surface area contributed by atoms with Gasteiger partial charge in [0, 0.05) is 17.1 Å². The molecular weight excluding hydrogens is 344 g/mol. The van der Waals surface area contributed by atoms with E-state index >= 15 is 0 Å². The summed E-state index contributed by atoms with van der Waals surface area (Å²) in [5.74, 6) is 0.910. The maximum absolute atomic E-state index is 11.8. The van der Waals surface area contributed by atoms with Crippen molar-refractivity contribution in [3.63, 3.8) is 0 Å². The number of aromatic nitrogens is 3. The molecular formula is C16H14N4O2S2. The van der Waals surface area contributed by atoms with Gasteiger partial charge in [-0.15, -0.1) is 21.5 Å². The Morgan fingerprint density at radius 1 is 1.29 bits per heavy atom. The molecule has 24 heavy (non-hydrogen) atoms. The zero-order valence-electron chi connectivity index (χ0n) is 12.8. The first-order valence-electron chi connectivity index (χ1n) is 7.05. The highest BCUT2D eigenvalue weighted by Gasteiger charge is 2.07. The fourth-order valence-electron chi connectivity index (χ4n) is 1.91. The molecule has 0 aliphatic carbocycles. The molecule has 2 heterocycles. The first kappa shape index (κ1) is 16.4. The van der Waals surface area contributed by atoms with Crippen molar-refractivity contribution in [2.45, 2.75) is 5.03 Å². The summed E-state index contributed by atoms with van der Waals surface area (Å²) >= 11 is 2.71. The van der Waals surface area contributed by atoms with E-state index in [2.05, 4.69) is 20.5 Å². The molecule has 0 fully saturated rings. The molecule has 8 heteroatoms. The number of amides is 1. The number of nitrogens with one attached hydrogen (secondary N) is 1. The van der Waals surface area contributed by atoms with Crippen LogP contribution in [0.2, 0.25) is 0 Å². The molecule has 2 aromatic heterocycles. The second kappa shape index (κ2) is 7.89. The van der Waals surface area contributed by atoms with Gasteiger partial charge in [0.05, 0.1) is 18.6 Å². The van der Waals surface area contributed by atoms with Crippen LogP contribution < -0.4 is 10.1 Å². The van der Waals surface area contributed by atoms with Crippen molar-refractivity contribution < 1.29 is 9.53 Å². The topological polar surface area (TPSA) is 77.0 Å². The third kappa shape index (κ3) is 4.30. The maximum Gasteiger partial charge on any atom is 0.236 e. The van der Waals surface area contributed by atoms with E-state index in [0.717, 1.165) is 17.0 Å². The van der Waals surface area contributed by atoms with E-state index in [1.54, 1.807) is 13.3 Å². The van der Waals surface area contributed by atoms with Gasteiger partial charge in [-0.25, -0.2) is 4.98 Å². The molecule has 1 amide bonds. The summed E-state index contributed by atoms with van der Waals surface area (Å²) < 4.78 is 5.21. The molecule has 0 bridgehead atoms. The van der Waals surface area contributed by atoms with Gasteiger partial charge in [-0.2, -0.15) is 0 Å². The molecule has 0 aliphatic heterocycles. The third-order valence-electron chi connectivity index (χ3n) is 3.04. The highest BCUT2D eigenvalue weighted by atomic mass is 32.2. The van der Waals surface area contributed by atoms with E-state index in [9.17, 15) is 4.79 Å². The van der Waals surface area contributed by atoms with Crippen molar-refractivity contribution in [1.82, 2.24) is 15.2 Å². The number of carbonyl (C=O) groups excluding carboxylic acids is 1. The molecule has 6 nitrogen and oxygen atoms in total. The lowest BCUT2D eigenvalue weighted by molar-refractivity contribution is -0.113. The molecule has 0 radical (unpaired) electrons. The van der Waals surface area contributed by atoms with Crippen LogP contribution in [0.15, 0.2) is 53.0 Å². The fourth-order valence-corrected chi connectivity index (χ4v) is 3.07. The summed E-state index contributed by atoms with van der Waals surface area (Å²) in [6.07, 6.45) is 1.65.